The van der Waals surface area contributed by atoms with Gasteiger partial charge in [0.25, 0.3) is 20.0 Å². The molecule has 0 spiro atoms. The molecule has 52 heavy (non-hydrogen) atoms. The highest BCUT2D eigenvalue weighted by Crippen LogP contribution is 2.58. The van der Waals surface area contributed by atoms with E-state index >= 15 is 0 Å². The number of anilines is 4. The molecule has 4 atom stereocenters. The number of imide groups is 2. The van der Waals surface area contributed by atoms with E-state index in [0.717, 1.165) is 9.80 Å². The molecule has 2 bridgehead atoms. The molecular weight excluding hydrogens is 751 g/mol. The first-order valence-corrected chi connectivity index (χ1v) is 19.7. The van der Waals surface area contributed by atoms with Crippen LogP contribution in [-0.2, 0) is 39.2 Å². The third-order valence-electron chi connectivity index (χ3n) is 10.1. The molecule has 16 heteroatoms. The molecule has 4 aromatic carbocycles. The Labute approximate surface area is 308 Å². The maximum absolute atomic E-state index is 14.0. The topological polar surface area (TPSA) is 167 Å². The van der Waals surface area contributed by atoms with Gasteiger partial charge in [0.05, 0.1) is 66.3 Å². The Balaban J connectivity index is 1.02. The first-order valence-electron chi connectivity index (χ1n) is 16.0. The number of nitrogens with zero attached hydrogens (tertiary/aromatic N) is 2. The quantitative estimate of drug-likeness (QED) is 0.179. The number of hydrogen-bond donors (Lipinski definition) is 2. The van der Waals surface area contributed by atoms with E-state index in [1.807, 2.05) is 0 Å². The van der Waals surface area contributed by atoms with Gasteiger partial charge in [-0.05, 0) is 72.8 Å². The van der Waals surface area contributed by atoms with E-state index in [-0.39, 0.29) is 42.6 Å². The molecule has 0 radical (unpaired) electrons. The Morgan fingerprint density at radius 1 is 0.462 bits per heavy atom. The fourth-order valence-electron chi connectivity index (χ4n) is 7.78. The Kier molecular flexibility index (Phi) is 8.06. The lowest BCUT2D eigenvalue weighted by Gasteiger charge is -2.44. The summed E-state index contributed by atoms with van der Waals surface area (Å²) in [7, 11) is -8.11. The SMILES string of the molecule is O=C1[C@@H]2C3C=CC([C@@H]2C(=O)N1c1ccc(S(=O)(=O)Nc2ccccc2Cl)cc1)[C@@H]1C(=O)N(c2ccc(S(=O)(=O)Nc4ccccc4Cl)cc2)C(=O)[C@H]31. The minimum Gasteiger partial charge on any atom is -0.278 e. The van der Waals surface area contributed by atoms with E-state index in [1.165, 1.54) is 72.8 Å². The van der Waals surface area contributed by atoms with Crippen LogP contribution in [0.15, 0.2) is 119 Å². The number of benzene rings is 4. The zero-order valence-electron chi connectivity index (χ0n) is 26.6. The normalized spacial score (nSPS) is 25.0. The van der Waals surface area contributed by atoms with E-state index in [9.17, 15) is 36.0 Å². The van der Waals surface area contributed by atoms with E-state index in [2.05, 4.69) is 9.44 Å². The third-order valence-corrected chi connectivity index (χ3v) is 13.5. The van der Waals surface area contributed by atoms with Gasteiger partial charge in [-0.25, -0.2) is 16.8 Å². The van der Waals surface area contributed by atoms with Gasteiger partial charge in [0.1, 0.15) is 0 Å². The van der Waals surface area contributed by atoms with Gasteiger partial charge in [0, 0.05) is 11.8 Å². The van der Waals surface area contributed by atoms with Crippen molar-refractivity contribution in [1.82, 2.24) is 0 Å². The maximum Gasteiger partial charge on any atom is 0.261 e. The molecule has 0 aromatic heterocycles. The number of carbonyl (C=O) groups excluding carboxylic acids is 4. The van der Waals surface area contributed by atoms with Crippen LogP contribution in [0, 0.1) is 35.5 Å². The lowest BCUT2D eigenvalue weighted by molar-refractivity contribution is -0.137. The monoisotopic (exact) mass is 776 g/mol. The second-order valence-corrected chi connectivity index (χ2v) is 17.0. The fraction of sp³-hybridized carbons (Fsp3) is 0.167. The summed E-state index contributed by atoms with van der Waals surface area (Å²) in [6.07, 6.45) is 3.45. The molecule has 9 rings (SSSR count). The van der Waals surface area contributed by atoms with Crippen LogP contribution in [0.1, 0.15) is 0 Å². The van der Waals surface area contributed by atoms with Crippen LogP contribution in [0.3, 0.4) is 0 Å². The second kappa shape index (κ2) is 12.3. The van der Waals surface area contributed by atoms with Crippen LogP contribution in [0.2, 0.25) is 10.0 Å². The highest BCUT2D eigenvalue weighted by Gasteiger charge is 2.68. The van der Waals surface area contributed by atoms with Gasteiger partial charge in [0.15, 0.2) is 0 Å². The molecule has 12 nitrogen and oxygen atoms in total. The predicted molar refractivity (Wildman–Crippen MR) is 192 cm³/mol. The number of para-hydroxylation sites is 2. The summed E-state index contributed by atoms with van der Waals surface area (Å²) in [6.45, 7) is 0. The van der Waals surface area contributed by atoms with Crippen LogP contribution < -0.4 is 19.2 Å². The third kappa shape index (κ3) is 5.31. The van der Waals surface area contributed by atoms with Gasteiger partial charge in [-0.2, -0.15) is 0 Å². The van der Waals surface area contributed by atoms with Crippen molar-refractivity contribution in [3.63, 3.8) is 0 Å². The summed E-state index contributed by atoms with van der Waals surface area (Å²) >= 11 is 12.2. The average molecular weight is 778 g/mol. The molecule has 5 aliphatic rings. The highest BCUT2D eigenvalue weighted by atomic mass is 35.5. The summed E-state index contributed by atoms with van der Waals surface area (Å²) in [5.41, 5.74) is 0.684. The summed E-state index contributed by atoms with van der Waals surface area (Å²) in [5.74, 6) is -7.31. The van der Waals surface area contributed by atoms with Crippen LogP contribution in [0.25, 0.3) is 0 Å². The van der Waals surface area contributed by atoms with Crippen molar-refractivity contribution in [3.05, 3.63) is 119 Å². The molecule has 4 aromatic rings. The molecule has 2 N–H and O–H groups in total. The van der Waals surface area contributed by atoms with Crippen molar-refractivity contribution in [2.45, 2.75) is 9.79 Å². The van der Waals surface area contributed by atoms with Gasteiger partial charge in [-0.3, -0.25) is 38.4 Å². The lowest BCUT2D eigenvalue weighted by atomic mass is 9.54. The van der Waals surface area contributed by atoms with Crippen LogP contribution in [0.4, 0.5) is 22.7 Å². The minimum absolute atomic E-state index is 0.122. The Morgan fingerprint density at radius 2 is 0.769 bits per heavy atom. The first-order chi connectivity index (χ1) is 24.8. The van der Waals surface area contributed by atoms with Gasteiger partial charge in [-0.1, -0.05) is 59.6 Å². The zero-order valence-corrected chi connectivity index (χ0v) is 29.7. The molecule has 3 aliphatic carbocycles. The minimum atomic E-state index is -4.06. The molecule has 2 aliphatic heterocycles. The van der Waals surface area contributed by atoms with Crippen molar-refractivity contribution < 1.29 is 36.0 Å². The van der Waals surface area contributed by atoms with E-state index in [1.54, 1.807) is 36.4 Å². The number of nitrogens with one attached hydrogen (secondary N) is 2. The van der Waals surface area contributed by atoms with E-state index in [4.69, 9.17) is 23.2 Å². The second-order valence-electron chi connectivity index (χ2n) is 12.8. The van der Waals surface area contributed by atoms with Gasteiger partial charge >= 0.3 is 0 Å². The summed E-state index contributed by atoms with van der Waals surface area (Å²) in [5, 5.41) is 0.413. The summed E-state index contributed by atoms with van der Waals surface area (Å²) in [6, 6.07) is 23.2. The number of sulfonamides is 2. The Bertz CT molecular complexity index is 2240. The summed E-state index contributed by atoms with van der Waals surface area (Å²) in [4.78, 5) is 57.6. The summed E-state index contributed by atoms with van der Waals surface area (Å²) < 4.78 is 57.0. The van der Waals surface area contributed by atoms with Gasteiger partial charge < -0.3 is 0 Å². The molecule has 2 heterocycles. The molecule has 0 unspecified atom stereocenters. The molecule has 2 saturated heterocycles. The van der Waals surface area contributed by atoms with E-state index in [0.29, 0.717) is 0 Å². The van der Waals surface area contributed by atoms with Crippen molar-refractivity contribution in [1.29, 1.82) is 0 Å². The maximum atomic E-state index is 14.0. The lowest BCUT2D eigenvalue weighted by Crippen LogP contribution is -2.50. The average Bonchev–Trinajstić information content (AvgIpc) is 3.57. The smallest absolute Gasteiger partial charge is 0.261 e. The highest BCUT2D eigenvalue weighted by molar-refractivity contribution is 7.93. The Hall–Kier alpha value is -5.02. The number of rotatable bonds is 8. The molecular formula is C36H26Cl2N4O8S2. The first kappa shape index (κ1) is 34.1. The van der Waals surface area contributed by atoms with Crippen molar-refractivity contribution in [3.8, 4) is 0 Å². The predicted octanol–water partition coefficient (Wildman–Crippen LogP) is 5.32. The number of amides is 4. The standard InChI is InChI=1S/C36H26Cl2N4O8S2/c37-25-5-1-3-7-27(25)39-51(47,48)21-13-9-19(10-14-21)41-33(43)29-23-17-18-24(30(29)34(41)44)32-31(23)35(45)42(36(32)46)20-11-15-22(16-12-20)52(49,50)40-28-8-4-2-6-26(28)38/h1-18,23-24,29-32,39-40H/t23?,24?,29-,30+,31-,32+. The van der Waals surface area contributed by atoms with E-state index < -0.39 is 79.2 Å². The van der Waals surface area contributed by atoms with Crippen molar-refractivity contribution in [2.24, 2.45) is 35.5 Å². The van der Waals surface area contributed by atoms with Crippen LogP contribution in [0.5, 0.6) is 0 Å². The van der Waals surface area contributed by atoms with Crippen molar-refractivity contribution >= 4 is 89.6 Å². The van der Waals surface area contributed by atoms with Crippen LogP contribution in [-0.4, -0.2) is 40.5 Å². The van der Waals surface area contributed by atoms with Crippen molar-refractivity contribution in [2.75, 3.05) is 19.2 Å². The number of carbonyl (C=O) groups is 4. The molecule has 264 valence electrons. The molecule has 4 amide bonds. The fourth-order valence-corrected chi connectivity index (χ4v) is 10.4. The molecule has 3 fully saturated rings. The Morgan fingerprint density at radius 3 is 1.08 bits per heavy atom. The van der Waals surface area contributed by atoms with Gasteiger partial charge in [0.2, 0.25) is 23.6 Å². The largest absolute Gasteiger partial charge is 0.278 e. The number of hydrogen-bond acceptors (Lipinski definition) is 8. The zero-order chi connectivity index (χ0) is 36.7. The number of halogens is 2. The van der Waals surface area contributed by atoms with Crippen LogP contribution >= 0.6 is 23.2 Å². The number of allylic oxidation sites excluding steroid dienone is 2. The van der Waals surface area contributed by atoms with Gasteiger partial charge in [-0.15, -0.1) is 0 Å². The molecule has 1 saturated carbocycles.